The number of rotatable bonds is 1. The molecule has 3 nitrogen and oxygen atoms in total. The molecular weight excluding hydrogens is 233 g/mol. The quantitative estimate of drug-likeness (QED) is 0.806. The van der Waals surface area contributed by atoms with Crippen LogP contribution in [-0.2, 0) is 0 Å². The summed E-state index contributed by atoms with van der Waals surface area (Å²) >= 11 is 11.9. The molecule has 1 aromatic carbocycles. The zero-order chi connectivity index (χ0) is 11.0. The van der Waals surface area contributed by atoms with Gasteiger partial charge < -0.3 is 5.73 Å². The standard InChI is InChI=1S/C10H9Cl2N3/c1-5-9(14-15-10(5)13)7-3-2-6(11)4-8(7)12/h2-4H,1H3,(H3,13,14,15). The van der Waals surface area contributed by atoms with Crippen molar-refractivity contribution in [3.63, 3.8) is 0 Å². The lowest BCUT2D eigenvalue weighted by Gasteiger charge is -2.03. The van der Waals surface area contributed by atoms with Crippen LogP contribution in [0.4, 0.5) is 5.82 Å². The highest BCUT2D eigenvalue weighted by Gasteiger charge is 2.11. The van der Waals surface area contributed by atoms with Gasteiger partial charge in [-0.1, -0.05) is 23.2 Å². The van der Waals surface area contributed by atoms with Crippen molar-refractivity contribution in [2.24, 2.45) is 0 Å². The number of H-pyrrole nitrogens is 1. The molecule has 0 spiro atoms. The highest BCUT2D eigenvalue weighted by atomic mass is 35.5. The minimum Gasteiger partial charge on any atom is -0.382 e. The molecule has 0 aliphatic carbocycles. The third-order valence-corrected chi connectivity index (χ3v) is 2.80. The van der Waals surface area contributed by atoms with Crippen LogP contribution in [0.1, 0.15) is 5.56 Å². The van der Waals surface area contributed by atoms with Gasteiger partial charge >= 0.3 is 0 Å². The molecular formula is C10H9Cl2N3. The Balaban J connectivity index is 2.59. The largest absolute Gasteiger partial charge is 0.382 e. The summed E-state index contributed by atoms with van der Waals surface area (Å²) in [5, 5.41) is 7.95. The first-order valence-electron chi connectivity index (χ1n) is 4.35. The number of nitrogen functional groups attached to an aromatic ring is 1. The molecule has 3 N–H and O–H groups in total. The summed E-state index contributed by atoms with van der Waals surface area (Å²) in [6.45, 7) is 1.89. The molecule has 0 aliphatic heterocycles. The number of benzene rings is 1. The Labute approximate surface area is 97.2 Å². The van der Waals surface area contributed by atoms with Crippen molar-refractivity contribution >= 4 is 29.0 Å². The molecule has 0 saturated heterocycles. The molecule has 0 aliphatic rings. The molecule has 2 aromatic rings. The van der Waals surface area contributed by atoms with E-state index in [4.69, 9.17) is 28.9 Å². The van der Waals surface area contributed by atoms with Crippen LogP contribution in [-0.4, -0.2) is 10.2 Å². The summed E-state index contributed by atoms with van der Waals surface area (Å²) in [4.78, 5) is 0. The molecule has 0 amide bonds. The Kier molecular flexibility index (Phi) is 2.59. The lowest BCUT2D eigenvalue weighted by molar-refractivity contribution is 1.10. The number of aromatic amines is 1. The normalized spacial score (nSPS) is 10.6. The van der Waals surface area contributed by atoms with E-state index in [2.05, 4.69) is 10.2 Å². The highest BCUT2D eigenvalue weighted by Crippen LogP contribution is 2.32. The number of nitrogens with zero attached hydrogens (tertiary/aromatic N) is 1. The van der Waals surface area contributed by atoms with E-state index >= 15 is 0 Å². The average molecular weight is 242 g/mol. The zero-order valence-corrected chi connectivity index (χ0v) is 9.52. The van der Waals surface area contributed by atoms with Crippen molar-refractivity contribution in [1.82, 2.24) is 10.2 Å². The Hall–Kier alpha value is -1.19. The smallest absolute Gasteiger partial charge is 0.148 e. The van der Waals surface area contributed by atoms with Crippen molar-refractivity contribution in [2.45, 2.75) is 6.92 Å². The van der Waals surface area contributed by atoms with E-state index in [-0.39, 0.29) is 0 Å². The van der Waals surface area contributed by atoms with Gasteiger partial charge in [-0.3, -0.25) is 5.10 Å². The Morgan fingerprint density at radius 3 is 2.60 bits per heavy atom. The van der Waals surface area contributed by atoms with E-state index in [1.54, 1.807) is 12.1 Å². The average Bonchev–Trinajstić information content (AvgIpc) is 2.49. The molecule has 0 unspecified atom stereocenters. The second kappa shape index (κ2) is 3.76. The molecule has 0 fully saturated rings. The first-order valence-corrected chi connectivity index (χ1v) is 5.11. The summed E-state index contributed by atoms with van der Waals surface area (Å²) in [6, 6.07) is 5.30. The molecule has 0 atom stereocenters. The zero-order valence-electron chi connectivity index (χ0n) is 8.01. The number of nitrogens with one attached hydrogen (secondary N) is 1. The highest BCUT2D eigenvalue weighted by molar-refractivity contribution is 6.36. The summed E-state index contributed by atoms with van der Waals surface area (Å²) in [5.41, 5.74) is 8.21. The van der Waals surface area contributed by atoms with Gasteiger partial charge in [0, 0.05) is 16.1 Å². The van der Waals surface area contributed by atoms with Crippen molar-refractivity contribution in [3.8, 4) is 11.3 Å². The van der Waals surface area contributed by atoms with Crippen LogP contribution in [0.15, 0.2) is 18.2 Å². The summed E-state index contributed by atoms with van der Waals surface area (Å²) in [5.74, 6) is 0.482. The molecule has 0 radical (unpaired) electrons. The third kappa shape index (κ3) is 1.80. The van der Waals surface area contributed by atoms with E-state index in [0.717, 1.165) is 16.8 Å². The second-order valence-corrected chi connectivity index (χ2v) is 4.08. The monoisotopic (exact) mass is 241 g/mol. The Bertz CT molecular complexity index is 505. The first-order chi connectivity index (χ1) is 7.09. The Morgan fingerprint density at radius 2 is 2.07 bits per heavy atom. The molecule has 78 valence electrons. The molecule has 2 rings (SSSR count). The van der Waals surface area contributed by atoms with Crippen LogP contribution in [0.2, 0.25) is 10.0 Å². The van der Waals surface area contributed by atoms with Gasteiger partial charge in [-0.25, -0.2) is 0 Å². The number of hydrogen-bond donors (Lipinski definition) is 2. The van der Waals surface area contributed by atoms with Crippen molar-refractivity contribution < 1.29 is 0 Å². The predicted octanol–water partition coefficient (Wildman–Crippen LogP) is 3.27. The number of anilines is 1. The van der Waals surface area contributed by atoms with E-state index in [1.165, 1.54) is 0 Å². The van der Waals surface area contributed by atoms with E-state index in [0.29, 0.717) is 15.9 Å². The van der Waals surface area contributed by atoms with Gasteiger partial charge in [0.2, 0.25) is 0 Å². The fourth-order valence-corrected chi connectivity index (χ4v) is 1.87. The summed E-state index contributed by atoms with van der Waals surface area (Å²) < 4.78 is 0. The maximum atomic E-state index is 6.07. The van der Waals surface area contributed by atoms with Crippen LogP contribution in [0.3, 0.4) is 0 Å². The van der Waals surface area contributed by atoms with Gasteiger partial charge in [-0.15, -0.1) is 0 Å². The second-order valence-electron chi connectivity index (χ2n) is 3.23. The number of nitrogens with two attached hydrogens (primary N) is 1. The first kappa shape index (κ1) is 10.3. The van der Waals surface area contributed by atoms with Gasteiger partial charge in [-0.2, -0.15) is 5.10 Å². The van der Waals surface area contributed by atoms with Crippen molar-refractivity contribution in [3.05, 3.63) is 33.8 Å². The van der Waals surface area contributed by atoms with Crippen LogP contribution in [0.25, 0.3) is 11.3 Å². The Morgan fingerprint density at radius 1 is 1.33 bits per heavy atom. The molecule has 15 heavy (non-hydrogen) atoms. The lowest BCUT2D eigenvalue weighted by atomic mass is 10.1. The lowest BCUT2D eigenvalue weighted by Crippen LogP contribution is -1.86. The molecule has 0 saturated carbocycles. The van der Waals surface area contributed by atoms with Gasteiger partial charge in [0.25, 0.3) is 0 Å². The van der Waals surface area contributed by atoms with Crippen molar-refractivity contribution in [2.75, 3.05) is 5.73 Å². The topological polar surface area (TPSA) is 54.7 Å². The van der Waals surface area contributed by atoms with E-state index < -0.39 is 0 Å². The fourth-order valence-electron chi connectivity index (χ4n) is 1.37. The number of hydrogen-bond acceptors (Lipinski definition) is 2. The van der Waals surface area contributed by atoms with Gasteiger partial charge in [-0.05, 0) is 25.1 Å². The van der Waals surface area contributed by atoms with Crippen LogP contribution in [0, 0.1) is 6.92 Å². The minimum atomic E-state index is 0.482. The van der Waals surface area contributed by atoms with Gasteiger partial charge in [0.1, 0.15) is 5.82 Å². The number of aromatic nitrogens is 2. The molecule has 1 aromatic heterocycles. The van der Waals surface area contributed by atoms with Crippen molar-refractivity contribution in [1.29, 1.82) is 0 Å². The van der Waals surface area contributed by atoms with Crippen LogP contribution >= 0.6 is 23.2 Å². The summed E-state index contributed by atoms with van der Waals surface area (Å²) in [7, 11) is 0. The summed E-state index contributed by atoms with van der Waals surface area (Å²) in [6.07, 6.45) is 0. The predicted molar refractivity (Wildman–Crippen MR) is 63.2 cm³/mol. The molecule has 5 heteroatoms. The van der Waals surface area contributed by atoms with Crippen LogP contribution < -0.4 is 5.73 Å². The van der Waals surface area contributed by atoms with Gasteiger partial charge in [0.05, 0.1) is 10.7 Å². The van der Waals surface area contributed by atoms with E-state index in [1.807, 2.05) is 13.0 Å². The molecule has 0 bridgehead atoms. The SMILES string of the molecule is Cc1c(N)n[nH]c1-c1ccc(Cl)cc1Cl. The van der Waals surface area contributed by atoms with E-state index in [9.17, 15) is 0 Å². The van der Waals surface area contributed by atoms with Gasteiger partial charge in [0.15, 0.2) is 0 Å². The third-order valence-electron chi connectivity index (χ3n) is 2.25. The maximum Gasteiger partial charge on any atom is 0.148 e. The minimum absolute atomic E-state index is 0.482. The van der Waals surface area contributed by atoms with Crippen LogP contribution in [0.5, 0.6) is 0 Å². The number of halogens is 2. The molecule has 1 heterocycles. The maximum absolute atomic E-state index is 6.07. The fraction of sp³-hybridized carbons (Fsp3) is 0.100.